The number of nitro groups is 1. The zero-order valence-electron chi connectivity index (χ0n) is 14.6. The third-order valence-corrected chi connectivity index (χ3v) is 4.01. The van der Waals surface area contributed by atoms with Gasteiger partial charge in [-0.25, -0.2) is 0 Å². The average molecular weight is 354 g/mol. The van der Waals surface area contributed by atoms with Gasteiger partial charge in [0.25, 0.3) is 0 Å². The standard InChI is InChI=1S/C15H26N6O4/c1-10-7-11(2)9-20(8-10)14-12(21(23)24)13(16)18-15(19-14)17-3-5-25-6-4-22/h10-11,22H,3-9H2,1-2H3,(H3,16,17,18,19). The summed E-state index contributed by atoms with van der Waals surface area (Å²) in [6.45, 7) is 6.60. The van der Waals surface area contributed by atoms with E-state index in [0.717, 1.165) is 6.42 Å². The summed E-state index contributed by atoms with van der Waals surface area (Å²) in [5, 5.41) is 23.1. The summed E-state index contributed by atoms with van der Waals surface area (Å²) in [7, 11) is 0. The predicted molar refractivity (Wildman–Crippen MR) is 94.7 cm³/mol. The van der Waals surface area contributed by atoms with Crippen molar-refractivity contribution >= 4 is 23.3 Å². The summed E-state index contributed by atoms with van der Waals surface area (Å²) < 4.78 is 5.15. The van der Waals surface area contributed by atoms with Crippen molar-refractivity contribution in [1.82, 2.24) is 9.97 Å². The second-order valence-electron chi connectivity index (χ2n) is 6.48. The normalized spacial score (nSPS) is 20.5. The van der Waals surface area contributed by atoms with Gasteiger partial charge in [0.1, 0.15) is 0 Å². The van der Waals surface area contributed by atoms with E-state index in [9.17, 15) is 10.1 Å². The number of nitrogen functional groups attached to an aromatic ring is 1. The lowest BCUT2D eigenvalue weighted by Gasteiger charge is -2.35. The van der Waals surface area contributed by atoms with Crippen LogP contribution in [0, 0.1) is 22.0 Å². The van der Waals surface area contributed by atoms with Gasteiger partial charge >= 0.3 is 5.69 Å². The summed E-state index contributed by atoms with van der Waals surface area (Å²) in [6.07, 6.45) is 1.08. The topological polar surface area (TPSA) is 140 Å². The van der Waals surface area contributed by atoms with Gasteiger partial charge in [-0.05, 0) is 18.3 Å². The molecule has 1 aromatic heterocycles. The first-order valence-corrected chi connectivity index (χ1v) is 8.41. The first-order valence-electron chi connectivity index (χ1n) is 8.41. The van der Waals surface area contributed by atoms with Crippen LogP contribution in [0.1, 0.15) is 20.3 Å². The number of aliphatic hydroxyl groups is 1. The number of nitrogens with zero attached hydrogens (tertiary/aromatic N) is 4. The van der Waals surface area contributed by atoms with E-state index in [2.05, 4.69) is 29.1 Å². The molecule has 0 radical (unpaired) electrons. The number of anilines is 3. The maximum atomic E-state index is 11.4. The maximum Gasteiger partial charge on any atom is 0.353 e. The molecule has 0 spiro atoms. The van der Waals surface area contributed by atoms with Gasteiger partial charge in [-0.3, -0.25) is 10.1 Å². The van der Waals surface area contributed by atoms with Crippen molar-refractivity contribution in [3.8, 4) is 0 Å². The lowest BCUT2D eigenvalue weighted by Crippen LogP contribution is -2.39. The molecule has 0 amide bonds. The number of aliphatic hydroxyl groups excluding tert-OH is 1. The van der Waals surface area contributed by atoms with Crippen molar-refractivity contribution in [1.29, 1.82) is 0 Å². The molecule has 2 unspecified atom stereocenters. The van der Waals surface area contributed by atoms with Crippen LogP contribution in [0.2, 0.25) is 0 Å². The maximum absolute atomic E-state index is 11.4. The van der Waals surface area contributed by atoms with E-state index in [-0.39, 0.29) is 36.5 Å². The van der Waals surface area contributed by atoms with Crippen molar-refractivity contribution in [3.05, 3.63) is 10.1 Å². The summed E-state index contributed by atoms with van der Waals surface area (Å²) in [6, 6.07) is 0. The Kier molecular flexibility index (Phi) is 6.71. The molecule has 4 N–H and O–H groups in total. The lowest BCUT2D eigenvalue weighted by atomic mass is 9.92. The van der Waals surface area contributed by atoms with Gasteiger partial charge in [0, 0.05) is 19.6 Å². The summed E-state index contributed by atoms with van der Waals surface area (Å²) in [4.78, 5) is 21.2. The van der Waals surface area contributed by atoms with Crippen molar-refractivity contribution in [2.24, 2.45) is 11.8 Å². The van der Waals surface area contributed by atoms with Gasteiger partial charge in [0.05, 0.1) is 24.7 Å². The number of nitrogens with one attached hydrogen (secondary N) is 1. The molecule has 2 atom stereocenters. The van der Waals surface area contributed by atoms with Crippen molar-refractivity contribution in [2.75, 3.05) is 55.4 Å². The molecule has 0 aromatic carbocycles. The Morgan fingerprint density at radius 3 is 2.64 bits per heavy atom. The van der Waals surface area contributed by atoms with Crippen LogP contribution in [0.4, 0.5) is 23.3 Å². The minimum absolute atomic E-state index is 0.0452. The Hall–Kier alpha value is -2.20. The van der Waals surface area contributed by atoms with Crippen LogP contribution < -0.4 is 16.0 Å². The van der Waals surface area contributed by atoms with Crippen molar-refractivity contribution < 1.29 is 14.8 Å². The van der Waals surface area contributed by atoms with Gasteiger partial charge in [0.2, 0.25) is 17.6 Å². The van der Waals surface area contributed by atoms with Gasteiger partial charge in [-0.1, -0.05) is 13.8 Å². The third-order valence-electron chi connectivity index (χ3n) is 4.01. The molecule has 2 heterocycles. The van der Waals surface area contributed by atoms with E-state index < -0.39 is 4.92 Å². The first-order chi connectivity index (χ1) is 11.9. The minimum Gasteiger partial charge on any atom is -0.394 e. The minimum atomic E-state index is -0.525. The van der Waals surface area contributed by atoms with Crippen LogP contribution in [-0.4, -0.2) is 59.5 Å². The molecular formula is C15H26N6O4. The van der Waals surface area contributed by atoms with E-state index in [0.29, 0.717) is 38.1 Å². The van der Waals surface area contributed by atoms with E-state index >= 15 is 0 Å². The van der Waals surface area contributed by atoms with Crippen molar-refractivity contribution in [2.45, 2.75) is 20.3 Å². The quantitative estimate of drug-likeness (QED) is 0.352. The fourth-order valence-electron chi connectivity index (χ4n) is 3.17. The van der Waals surface area contributed by atoms with E-state index in [1.165, 1.54) is 0 Å². The highest BCUT2D eigenvalue weighted by molar-refractivity contribution is 5.71. The molecule has 10 heteroatoms. The van der Waals surface area contributed by atoms with Crippen LogP contribution in [0.3, 0.4) is 0 Å². The van der Waals surface area contributed by atoms with Crippen LogP contribution >= 0.6 is 0 Å². The molecule has 1 fully saturated rings. The second kappa shape index (κ2) is 8.77. The van der Waals surface area contributed by atoms with Crippen LogP contribution in [0.15, 0.2) is 0 Å². The number of piperidine rings is 1. The molecule has 0 bridgehead atoms. The number of hydrogen-bond acceptors (Lipinski definition) is 9. The highest BCUT2D eigenvalue weighted by Gasteiger charge is 2.31. The second-order valence-corrected chi connectivity index (χ2v) is 6.48. The molecular weight excluding hydrogens is 328 g/mol. The Labute approximate surface area is 146 Å². The third kappa shape index (κ3) is 5.13. The van der Waals surface area contributed by atoms with Crippen LogP contribution in [0.25, 0.3) is 0 Å². The number of ether oxygens (including phenoxy) is 1. The van der Waals surface area contributed by atoms with Gasteiger partial charge in [-0.2, -0.15) is 9.97 Å². The molecule has 2 rings (SSSR count). The fourth-order valence-corrected chi connectivity index (χ4v) is 3.17. The number of aromatic nitrogens is 2. The predicted octanol–water partition coefficient (Wildman–Crippen LogP) is 0.870. The van der Waals surface area contributed by atoms with Crippen LogP contribution in [0.5, 0.6) is 0 Å². The SMILES string of the molecule is CC1CC(C)CN(c2nc(NCCOCCO)nc(N)c2[N+](=O)[O-])C1. The highest BCUT2D eigenvalue weighted by atomic mass is 16.6. The van der Waals surface area contributed by atoms with Gasteiger partial charge in [0.15, 0.2) is 0 Å². The molecule has 0 aliphatic carbocycles. The lowest BCUT2D eigenvalue weighted by molar-refractivity contribution is -0.383. The van der Waals surface area contributed by atoms with E-state index in [1.54, 1.807) is 0 Å². The van der Waals surface area contributed by atoms with Crippen LogP contribution in [-0.2, 0) is 4.74 Å². The molecule has 10 nitrogen and oxygen atoms in total. The summed E-state index contributed by atoms with van der Waals surface area (Å²) in [5.74, 6) is 1.18. The molecule has 1 aromatic rings. The fraction of sp³-hybridized carbons (Fsp3) is 0.733. The van der Waals surface area contributed by atoms with Gasteiger partial charge < -0.3 is 25.8 Å². The average Bonchev–Trinajstić information content (AvgIpc) is 2.52. The molecule has 25 heavy (non-hydrogen) atoms. The Bertz CT molecular complexity index is 590. The number of hydrogen-bond donors (Lipinski definition) is 3. The number of rotatable bonds is 8. The largest absolute Gasteiger partial charge is 0.394 e. The van der Waals surface area contributed by atoms with E-state index in [1.807, 2.05) is 4.90 Å². The monoisotopic (exact) mass is 354 g/mol. The Morgan fingerprint density at radius 1 is 1.36 bits per heavy atom. The number of nitrogens with two attached hydrogens (primary N) is 1. The summed E-state index contributed by atoms with van der Waals surface area (Å²) >= 11 is 0. The zero-order valence-corrected chi connectivity index (χ0v) is 14.6. The molecule has 1 aliphatic heterocycles. The van der Waals surface area contributed by atoms with E-state index in [4.69, 9.17) is 15.6 Å². The smallest absolute Gasteiger partial charge is 0.353 e. The molecule has 0 saturated carbocycles. The Balaban J connectivity index is 2.21. The Morgan fingerprint density at radius 2 is 2.04 bits per heavy atom. The van der Waals surface area contributed by atoms with Gasteiger partial charge in [-0.15, -0.1) is 0 Å². The van der Waals surface area contributed by atoms with Crippen molar-refractivity contribution in [3.63, 3.8) is 0 Å². The highest BCUT2D eigenvalue weighted by Crippen LogP contribution is 2.35. The molecule has 1 aliphatic rings. The molecule has 1 saturated heterocycles. The first kappa shape index (κ1) is 19.1. The zero-order chi connectivity index (χ0) is 18.4. The summed E-state index contributed by atoms with van der Waals surface area (Å²) in [5.41, 5.74) is 5.58. The molecule has 140 valence electrons.